The van der Waals surface area contributed by atoms with Crippen LogP contribution in [0.1, 0.15) is 12.5 Å². The second-order valence-corrected chi connectivity index (χ2v) is 5.93. The Bertz CT molecular complexity index is 600. The molecule has 0 heterocycles. The summed E-state index contributed by atoms with van der Waals surface area (Å²) in [6, 6.07) is 6.53. The lowest BCUT2D eigenvalue weighted by atomic mass is 10.2. The Hall–Kier alpha value is -1.91. The Balaban J connectivity index is 2.92. The maximum atomic E-state index is 12.0. The van der Waals surface area contributed by atoms with Crippen LogP contribution in [0.25, 0.3) is 0 Å². The fourth-order valence-corrected chi connectivity index (χ4v) is 2.64. The summed E-state index contributed by atoms with van der Waals surface area (Å²) in [6.07, 6.45) is 0. The van der Waals surface area contributed by atoms with Crippen LogP contribution in [-0.4, -0.2) is 39.4 Å². The average molecular weight is 281 g/mol. The lowest BCUT2D eigenvalue weighted by molar-refractivity contribution is -0.130. The molecule has 6 nitrogen and oxygen atoms in total. The summed E-state index contributed by atoms with van der Waals surface area (Å²) in [6.45, 7) is 1.48. The van der Waals surface area contributed by atoms with Crippen molar-refractivity contribution in [3.63, 3.8) is 0 Å². The van der Waals surface area contributed by atoms with Crippen LogP contribution in [0.15, 0.2) is 29.2 Å². The van der Waals surface area contributed by atoms with Gasteiger partial charge in [-0.1, -0.05) is 0 Å². The van der Waals surface area contributed by atoms with E-state index < -0.39 is 16.1 Å². The van der Waals surface area contributed by atoms with E-state index in [1.807, 2.05) is 6.07 Å². The fraction of sp³-hybridized carbons (Fsp3) is 0.333. The van der Waals surface area contributed by atoms with Gasteiger partial charge in [0.25, 0.3) is 0 Å². The largest absolute Gasteiger partial charge is 0.347 e. The first kappa shape index (κ1) is 15.1. The van der Waals surface area contributed by atoms with Crippen LogP contribution < -0.4 is 4.72 Å². The van der Waals surface area contributed by atoms with Crippen molar-refractivity contribution in [1.82, 2.24) is 9.62 Å². The van der Waals surface area contributed by atoms with Crippen molar-refractivity contribution < 1.29 is 13.2 Å². The molecule has 1 rings (SSSR count). The number of rotatable bonds is 4. The fourth-order valence-electron chi connectivity index (χ4n) is 1.45. The van der Waals surface area contributed by atoms with Crippen LogP contribution in [-0.2, 0) is 14.8 Å². The number of nitrogens with one attached hydrogen (secondary N) is 1. The normalized spacial score (nSPS) is 12.5. The summed E-state index contributed by atoms with van der Waals surface area (Å²) in [7, 11) is -0.669. The van der Waals surface area contributed by atoms with Crippen LogP contribution in [0.2, 0.25) is 0 Å². The van der Waals surface area contributed by atoms with Gasteiger partial charge in [-0.15, -0.1) is 0 Å². The van der Waals surface area contributed by atoms with Gasteiger partial charge in [0, 0.05) is 14.1 Å². The highest BCUT2D eigenvalue weighted by Crippen LogP contribution is 2.10. The standard InChI is InChI=1S/C12H15N3O3S/c1-9(12(16)15(2)3)14-19(17,18)11-6-4-10(8-13)5-7-11/h4-7,9,14H,1-3H3. The van der Waals surface area contributed by atoms with Crippen molar-refractivity contribution in [1.29, 1.82) is 5.26 Å². The van der Waals surface area contributed by atoms with Gasteiger partial charge >= 0.3 is 0 Å². The smallest absolute Gasteiger partial charge is 0.241 e. The first-order valence-electron chi connectivity index (χ1n) is 5.51. The van der Waals surface area contributed by atoms with Crippen LogP contribution >= 0.6 is 0 Å². The van der Waals surface area contributed by atoms with E-state index >= 15 is 0 Å². The molecule has 1 N–H and O–H groups in total. The van der Waals surface area contributed by atoms with Gasteiger partial charge in [0.2, 0.25) is 15.9 Å². The topological polar surface area (TPSA) is 90.3 Å². The van der Waals surface area contributed by atoms with Crippen LogP contribution in [0.4, 0.5) is 0 Å². The number of hydrogen-bond acceptors (Lipinski definition) is 4. The van der Waals surface area contributed by atoms with Crippen molar-refractivity contribution in [2.24, 2.45) is 0 Å². The number of likely N-dealkylation sites (N-methyl/N-ethyl adjacent to an activating group) is 1. The molecule has 0 saturated heterocycles. The number of carbonyl (C=O) groups excluding carboxylic acids is 1. The third-order valence-electron chi connectivity index (χ3n) is 2.44. The Morgan fingerprint density at radius 2 is 1.84 bits per heavy atom. The molecule has 1 unspecified atom stereocenters. The highest BCUT2D eigenvalue weighted by molar-refractivity contribution is 7.89. The second kappa shape index (κ2) is 5.82. The summed E-state index contributed by atoms with van der Waals surface area (Å²) in [5, 5.41) is 8.65. The molecule has 0 spiro atoms. The molecule has 1 atom stereocenters. The van der Waals surface area contributed by atoms with E-state index in [0.29, 0.717) is 5.56 Å². The molecule has 1 amide bonds. The molecule has 7 heteroatoms. The number of nitrogens with zero attached hydrogens (tertiary/aromatic N) is 2. The van der Waals surface area contributed by atoms with Gasteiger partial charge in [-0.05, 0) is 31.2 Å². The van der Waals surface area contributed by atoms with E-state index in [9.17, 15) is 13.2 Å². The average Bonchev–Trinajstić information content (AvgIpc) is 2.37. The van der Waals surface area contributed by atoms with Crippen LogP contribution in [0, 0.1) is 11.3 Å². The minimum absolute atomic E-state index is 0.0184. The summed E-state index contributed by atoms with van der Waals surface area (Å²) in [5.41, 5.74) is 0.372. The van der Waals surface area contributed by atoms with E-state index in [4.69, 9.17) is 5.26 Å². The maximum Gasteiger partial charge on any atom is 0.241 e. The van der Waals surface area contributed by atoms with Gasteiger partial charge in [-0.25, -0.2) is 8.42 Å². The molecule has 0 aliphatic rings. The highest BCUT2D eigenvalue weighted by Gasteiger charge is 2.22. The molecule has 0 aliphatic carbocycles. The monoisotopic (exact) mass is 281 g/mol. The zero-order valence-electron chi connectivity index (χ0n) is 10.9. The lowest BCUT2D eigenvalue weighted by Gasteiger charge is -2.18. The van der Waals surface area contributed by atoms with Crippen molar-refractivity contribution in [3.05, 3.63) is 29.8 Å². The Morgan fingerprint density at radius 3 is 2.26 bits per heavy atom. The molecule has 1 aromatic rings. The molecule has 102 valence electrons. The van der Waals surface area contributed by atoms with Crippen molar-refractivity contribution in [2.45, 2.75) is 17.9 Å². The van der Waals surface area contributed by atoms with E-state index in [1.165, 1.54) is 36.1 Å². The molecule has 0 fully saturated rings. The molecular formula is C12H15N3O3S. The molecule has 0 aromatic heterocycles. The Labute approximate surface area is 112 Å². The zero-order chi connectivity index (χ0) is 14.6. The summed E-state index contributed by atoms with van der Waals surface area (Å²) in [5.74, 6) is -0.336. The summed E-state index contributed by atoms with van der Waals surface area (Å²) < 4.78 is 26.3. The Kier molecular flexibility index (Phi) is 4.64. The number of benzene rings is 1. The summed E-state index contributed by atoms with van der Waals surface area (Å²) >= 11 is 0. The summed E-state index contributed by atoms with van der Waals surface area (Å²) in [4.78, 5) is 12.9. The van der Waals surface area contributed by atoms with Gasteiger partial charge in [0.1, 0.15) is 0 Å². The number of carbonyl (C=O) groups is 1. The van der Waals surface area contributed by atoms with Crippen LogP contribution in [0.3, 0.4) is 0 Å². The van der Waals surface area contributed by atoms with E-state index in [0.717, 1.165) is 0 Å². The van der Waals surface area contributed by atoms with Crippen molar-refractivity contribution >= 4 is 15.9 Å². The highest BCUT2D eigenvalue weighted by atomic mass is 32.2. The third kappa shape index (κ3) is 3.77. The second-order valence-electron chi connectivity index (χ2n) is 4.21. The molecule has 1 aromatic carbocycles. The quantitative estimate of drug-likeness (QED) is 0.860. The minimum atomic E-state index is -3.77. The van der Waals surface area contributed by atoms with Crippen molar-refractivity contribution in [3.8, 4) is 6.07 Å². The molecular weight excluding hydrogens is 266 g/mol. The van der Waals surface area contributed by atoms with E-state index in [1.54, 1.807) is 14.1 Å². The van der Waals surface area contributed by atoms with Gasteiger partial charge in [0.05, 0.1) is 22.6 Å². The molecule has 19 heavy (non-hydrogen) atoms. The number of sulfonamides is 1. The van der Waals surface area contributed by atoms with Crippen LogP contribution in [0.5, 0.6) is 0 Å². The van der Waals surface area contributed by atoms with Gasteiger partial charge < -0.3 is 4.90 Å². The minimum Gasteiger partial charge on any atom is -0.347 e. The zero-order valence-corrected chi connectivity index (χ0v) is 11.7. The number of amides is 1. The SMILES string of the molecule is CC(NS(=O)(=O)c1ccc(C#N)cc1)C(=O)N(C)C. The molecule has 0 radical (unpaired) electrons. The molecule has 0 bridgehead atoms. The van der Waals surface area contributed by atoms with Crippen molar-refractivity contribution in [2.75, 3.05) is 14.1 Å². The number of nitriles is 1. The number of hydrogen-bond donors (Lipinski definition) is 1. The van der Waals surface area contributed by atoms with E-state index in [-0.39, 0.29) is 10.8 Å². The lowest BCUT2D eigenvalue weighted by Crippen LogP contribution is -2.44. The van der Waals surface area contributed by atoms with Gasteiger partial charge in [-0.2, -0.15) is 9.98 Å². The van der Waals surface area contributed by atoms with Gasteiger partial charge in [-0.3, -0.25) is 4.79 Å². The molecule has 0 aliphatic heterocycles. The Morgan fingerprint density at radius 1 is 1.32 bits per heavy atom. The van der Waals surface area contributed by atoms with E-state index in [2.05, 4.69) is 4.72 Å². The first-order chi connectivity index (χ1) is 8.77. The predicted octanol–water partition coefficient (Wildman–Crippen LogP) is 0.313. The van der Waals surface area contributed by atoms with Gasteiger partial charge in [0.15, 0.2) is 0 Å². The molecule has 0 saturated carbocycles. The first-order valence-corrected chi connectivity index (χ1v) is 7.00. The maximum absolute atomic E-state index is 12.0. The third-order valence-corrected chi connectivity index (χ3v) is 3.99. The predicted molar refractivity (Wildman–Crippen MR) is 69.6 cm³/mol.